The number of sulfonamides is 1. The molecule has 0 saturated heterocycles. The van der Waals surface area contributed by atoms with E-state index in [-0.39, 0.29) is 16.5 Å². The zero-order valence-corrected chi connectivity index (χ0v) is 15.8. The Morgan fingerprint density at radius 2 is 1.93 bits per heavy atom. The number of hydrogen-bond donors (Lipinski definition) is 3. The number of hydrogen-bond acceptors (Lipinski definition) is 7. The minimum Gasteiger partial charge on any atom is -0.385 e. The van der Waals surface area contributed by atoms with Crippen molar-refractivity contribution in [3.63, 3.8) is 0 Å². The van der Waals surface area contributed by atoms with Crippen molar-refractivity contribution in [1.29, 1.82) is 0 Å². The maximum absolute atomic E-state index is 12.0. The van der Waals surface area contributed by atoms with Crippen LogP contribution < -0.4 is 15.8 Å². The Balaban J connectivity index is 1.85. The van der Waals surface area contributed by atoms with E-state index in [9.17, 15) is 13.2 Å². The molecule has 1 amide bonds. The fraction of sp³-hybridized carbons (Fsp3) is 0.353. The number of benzene rings is 1. The number of nitrogens with two attached hydrogens (primary N) is 1. The molecule has 1 aromatic heterocycles. The van der Waals surface area contributed by atoms with Gasteiger partial charge < -0.3 is 15.4 Å². The molecule has 0 bridgehead atoms. The van der Waals surface area contributed by atoms with Gasteiger partial charge in [0.1, 0.15) is 17.8 Å². The highest BCUT2D eigenvalue weighted by Gasteiger charge is 2.09. The van der Waals surface area contributed by atoms with Crippen LogP contribution in [-0.2, 0) is 21.2 Å². The van der Waals surface area contributed by atoms with Gasteiger partial charge in [0.15, 0.2) is 0 Å². The topological polar surface area (TPSA) is 136 Å². The molecular formula is C17H23N5O4S. The molecule has 2 aromatic rings. The molecule has 0 aliphatic heterocycles. The van der Waals surface area contributed by atoms with Gasteiger partial charge in [-0.3, -0.25) is 4.79 Å². The van der Waals surface area contributed by atoms with Crippen molar-refractivity contribution in [1.82, 2.24) is 15.3 Å². The van der Waals surface area contributed by atoms with Crippen LogP contribution in [-0.4, -0.2) is 51.1 Å². The highest BCUT2D eigenvalue weighted by atomic mass is 32.2. The van der Waals surface area contributed by atoms with E-state index in [0.717, 1.165) is 12.0 Å². The number of amides is 1. The van der Waals surface area contributed by atoms with E-state index in [1.165, 1.54) is 18.5 Å². The Bertz CT molecular complexity index is 856. The Morgan fingerprint density at radius 1 is 1.19 bits per heavy atom. The molecule has 4 N–H and O–H groups in total. The van der Waals surface area contributed by atoms with Gasteiger partial charge in [0.25, 0.3) is 5.91 Å². The highest BCUT2D eigenvalue weighted by molar-refractivity contribution is 7.89. The van der Waals surface area contributed by atoms with E-state index < -0.39 is 10.0 Å². The second-order valence-electron chi connectivity index (χ2n) is 5.76. The third-order valence-electron chi connectivity index (χ3n) is 3.68. The Kier molecular flexibility index (Phi) is 7.65. The van der Waals surface area contributed by atoms with Gasteiger partial charge in [-0.15, -0.1) is 0 Å². The number of methoxy groups -OCH3 is 1. The SMILES string of the molecule is COCCCNC(=O)c1cc(NCCc2ccc(S(N)(=O)=O)cc2)ncn1. The first-order valence-corrected chi connectivity index (χ1v) is 9.89. The second-order valence-corrected chi connectivity index (χ2v) is 7.32. The second kappa shape index (κ2) is 9.95. The molecule has 2 rings (SSSR count). The van der Waals surface area contributed by atoms with Crippen LogP contribution in [0.25, 0.3) is 0 Å². The maximum atomic E-state index is 12.0. The van der Waals surface area contributed by atoms with Crippen LogP contribution in [0.3, 0.4) is 0 Å². The van der Waals surface area contributed by atoms with E-state index in [0.29, 0.717) is 31.9 Å². The molecule has 146 valence electrons. The zero-order valence-electron chi connectivity index (χ0n) is 15.0. The minimum absolute atomic E-state index is 0.0798. The van der Waals surface area contributed by atoms with Gasteiger partial charge in [0, 0.05) is 32.9 Å². The number of anilines is 1. The number of nitrogens with one attached hydrogen (secondary N) is 2. The first-order chi connectivity index (χ1) is 12.9. The van der Waals surface area contributed by atoms with Gasteiger partial charge >= 0.3 is 0 Å². The van der Waals surface area contributed by atoms with E-state index in [1.54, 1.807) is 25.3 Å². The van der Waals surface area contributed by atoms with Crippen molar-refractivity contribution >= 4 is 21.7 Å². The molecule has 0 aliphatic rings. The number of carbonyl (C=O) groups is 1. The lowest BCUT2D eigenvalue weighted by atomic mass is 10.1. The average Bonchev–Trinajstić information content (AvgIpc) is 2.65. The predicted octanol–water partition coefficient (Wildman–Crippen LogP) is 0.545. The molecule has 0 unspecified atom stereocenters. The van der Waals surface area contributed by atoms with Gasteiger partial charge in [-0.1, -0.05) is 12.1 Å². The summed E-state index contributed by atoms with van der Waals surface area (Å²) in [6, 6.07) is 7.94. The molecule has 9 nitrogen and oxygen atoms in total. The molecule has 0 atom stereocenters. The normalized spacial score (nSPS) is 11.2. The summed E-state index contributed by atoms with van der Waals surface area (Å²) in [7, 11) is -2.07. The molecule has 27 heavy (non-hydrogen) atoms. The number of rotatable bonds is 10. The lowest BCUT2D eigenvalue weighted by molar-refractivity contribution is 0.0943. The monoisotopic (exact) mass is 393 g/mol. The van der Waals surface area contributed by atoms with Crippen LogP contribution in [0.2, 0.25) is 0 Å². The van der Waals surface area contributed by atoms with Gasteiger partial charge in [0.2, 0.25) is 10.0 Å². The molecule has 1 aromatic carbocycles. The molecule has 0 radical (unpaired) electrons. The predicted molar refractivity (Wildman–Crippen MR) is 101 cm³/mol. The van der Waals surface area contributed by atoms with Crippen LogP contribution in [0.4, 0.5) is 5.82 Å². The van der Waals surface area contributed by atoms with Crippen LogP contribution in [0.15, 0.2) is 41.6 Å². The van der Waals surface area contributed by atoms with Crippen molar-refractivity contribution in [2.75, 3.05) is 32.1 Å². The molecular weight excluding hydrogens is 370 g/mol. The molecule has 0 aliphatic carbocycles. The van der Waals surface area contributed by atoms with Crippen LogP contribution >= 0.6 is 0 Å². The third-order valence-corrected chi connectivity index (χ3v) is 4.61. The fourth-order valence-corrected chi connectivity index (χ4v) is 2.78. The summed E-state index contributed by atoms with van der Waals surface area (Å²) >= 11 is 0. The van der Waals surface area contributed by atoms with Crippen molar-refractivity contribution in [3.8, 4) is 0 Å². The Hall–Kier alpha value is -2.56. The summed E-state index contributed by atoms with van der Waals surface area (Å²) in [5.41, 5.74) is 1.22. The number of nitrogens with zero attached hydrogens (tertiary/aromatic N) is 2. The first kappa shape index (κ1) is 20.7. The largest absolute Gasteiger partial charge is 0.385 e. The summed E-state index contributed by atoms with van der Waals surface area (Å²) < 4.78 is 27.4. The standard InChI is InChI=1S/C17H23N5O4S/c1-26-10-2-8-20-17(23)15-11-16(22-12-21-15)19-9-7-13-3-5-14(6-4-13)27(18,24)25/h3-6,11-12H,2,7-10H2,1H3,(H,20,23)(H2,18,24,25)(H,19,21,22). The van der Waals surface area contributed by atoms with Crippen LogP contribution in [0.1, 0.15) is 22.5 Å². The maximum Gasteiger partial charge on any atom is 0.270 e. The smallest absolute Gasteiger partial charge is 0.270 e. The van der Waals surface area contributed by atoms with Crippen LogP contribution in [0.5, 0.6) is 0 Å². The van der Waals surface area contributed by atoms with Gasteiger partial charge in [-0.2, -0.15) is 0 Å². The molecule has 0 fully saturated rings. The molecule has 0 saturated carbocycles. The summed E-state index contributed by atoms with van der Waals surface area (Å²) in [5.74, 6) is 0.267. The van der Waals surface area contributed by atoms with Gasteiger partial charge in [-0.05, 0) is 30.5 Å². The van der Waals surface area contributed by atoms with Crippen molar-refractivity contribution in [2.45, 2.75) is 17.7 Å². The zero-order chi connectivity index (χ0) is 19.7. The molecule has 10 heteroatoms. The Labute approximate surface area is 158 Å². The van der Waals surface area contributed by atoms with Crippen molar-refractivity contribution < 1.29 is 17.9 Å². The van der Waals surface area contributed by atoms with E-state index in [4.69, 9.17) is 9.88 Å². The summed E-state index contributed by atoms with van der Waals surface area (Å²) in [6.45, 7) is 1.64. The van der Waals surface area contributed by atoms with Gasteiger partial charge in [-0.25, -0.2) is 23.5 Å². The molecule has 1 heterocycles. The number of carbonyl (C=O) groups excluding carboxylic acids is 1. The number of aromatic nitrogens is 2. The Morgan fingerprint density at radius 3 is 2.59 bits per heavy atom. The quantitative estimate of drug-likeness (QED) is 0.501. The fourth-order valence-electron chi connectivity index (χ4n) is 2.27. The summed E-state index contributed by atoms with van der Waals surface area (Å²) in [6.07, 6.45) is 2.70. The van der Waals surface area contributed by atoms with Crippen molar-refractivity contribution in [2.24, 2.45) is 5.14 Å². The highest BCUT2D eigenvalue weighted by Crippen LogP contribution is 2.10. The minimum atomic E-state index is -3.68. The van der Waals surface area contributed by atoms with Gasteiger partial charge in [0.05, 0.1) is 4.90 Å². The number of ether oxygens (including phenoxy) is 1. The summed E-state index contributed by atoms with van der Waals surface area (Å²) in [5, 5.41) is 11.0. The van der Waals surface area contributed by atoms with Crippen LogP contribution in [0, 0.1) is 0 Å². The lowest BCUT2D eigenvalue weighted by Gasteiger charge is -2.08. The first-order valence-electron chi connectivity index (χ1n) is 8.35. The average molecular weight is 393 g/mol. The van der Waals surface area contributed by atoms with E-state index in [1.807, 2.05) is 0 Å². The van der Waals surface area contributed by atoms with E-state index >= 15 is 0 Å². The molecule has 0 spiro atoms. The van der Waals surface area contributed by atoms with Crippen molar-refractivity contribution in [3.05, 3.63) is 47.9 Å². The summed E-state index contributed by atoms with van der Waals surface area (Å²) in [4.78, 5) is 20.2. The number of primary sulfonamides is 1. The third kappa shape index (κ3) is 6.93. The lowest BCUT2D eigenvalue weighted by Crippen LogP contribution is -2.26. The van der Waals surface area contributed by atoms with E-state index in [2.05, 4.69) is 20.6 Å².